The number of hydrogen-bond acceptors (Lipinski definition) is 3. The van der Waals surface area contributed by atoms with Crippen molar-refractivity contribution in [1.29, 1.82) is 0 Å². The van der Waals surface area contributed by atoms with Crippen LogP contribution < -0.4 is 9.62 Å². The second-order valence-electron chi connectivity index (χ2n) is 4.83. The third-order valence-electron chi connectivity index (χ3n) is 3.22. The number of carbonyl (C=O) groups excluding carboxylic acids is 1. The molecule has 1 N–H and O–H groups in total. The van der Waals surface area contributed by atoms with Gasteiger partial charge in [0, 0.05) is 7.05 Å². The van der Waals surface area contributed by atoms with Gasteiger partial charge in [0.25, 0.3) is 10.0 Å². The number of amides is 1. The first-order valence-corrected chi connectivity index (χ1v) is 8.24. The summed E-state index contributed by atoms with van der Waals surface area (Å²) in [6.07, 6.45) is 0. The minimum Gasteiger partial charge on any atom is -0.358 e. The standard InChI is InChI=1S/C16H18N2O3S/c1-13-8-10-14(11-9-13)18(12-16(19)17-2)22(20,21)15-6-4-3-5-7-15/h3-11H,12H2,1-2H3,(H,17,19). The van der Waals surface area contributed by atoms with Crippen molar-refractivity contribution in [1.82, 2.24) is 5.32 Å². The molecule has 0 spiro atoms. The first-order chi connectivity index (χ1) is 10.4. The van der Waals surface area contributed by atoms with Crippen molar-refractivity contribution in [3.63, 3.8) is 0 Å². The summed E-state index contributed by atoms with van der Waals surface area (Å²) in [6, 6.07) is 15.1. The monoisotopic (exact) mass is 318 g/mol. The van der Waals surface area contributed by atoms with Gasteiger partial charge in [0.15, 0.2) is 0 Å². The quantitative estimate of drug-likeness (QED) is 0.916. The molecule has 0 fully saturated rings. The molecule has 2 aromatic carbocycles. The molecule has 1 amide bonds. The number of hydrogen-bond donors (Lipinski definition) is 1. The molecule has 5 nitrogen and oxygen atoms in total. The smallest absolute Gasteiger partial charge is 0.264 e. The zero-order valence-electron chi connectivity index (χ0n) is 12.5. The van der Waals surface area contributed by atoms with Crippen LogP contribution in [0, 0.1) is 6.92 Å². The molecule has 0 aliphatic heterocycles. The number of carbonyl (C=O) groups is 1. The van der Waals surface area contributed by atoms with Gasteiger partial charge in [0.2, 0.25) is 5.91 Å². The van der Waals surface area contributed by atoms with Gasteiger partial charge in [0.05, 0.1) is 10.6 Å². The van der Waals surface area contributed by atoms with E-state index >= 15 is 0 Å². The molecule has 0 radical (unpaired) electrons. The zero-order chi connectivity index (χ0) is 16.2. The molecule has 2 rings (SSSR count). The molecule has 116 valence electrons. The molecular weight excluding hydrogens is 300 g/mol. The van der Waals surface area contributed by atoms with Crippen molar-refractivity contribution in [2.24, 2.45) is 0 Å². The minimum absolute atomic E-state index is 0.152. The van der Waals surface area contributed by atoms with E-state index in [1.807, 2.05) is 19.1 Å². The molecule has 2 aromatic rings. The average molecular weight is 318 g/mol. The summed E-state index contributed by atoms with van der Waals surface area (Å²) >= 11 is 0. The fourth-order valence-electron chi connectivity index (χ4n) is 1.96. The van der Waals surface area contributed by atoms with Gasteiger partial charge >= 0.3 is 0 Å². The highest BCUT2D eigenvalue weighted by Gasteiger charge is 2.26. The SMILES string of the molecule is CNC(=O)CN(c1ccc(C)cc1)S(=O)(=O)c1ccccc1. The number of benzene rings is 2. The van der Waals surface area contributed by atoms with E-state index in [0.29, 0.717) is 5.69 Å². The predicted molar refractivity (Wildman–Crippen MR) is 86.2 cm³/mol. The Labute approximate surface area is 130 Å². The lowest BCUT2D eigenvalue weighted by Gasteiger charge is -2.23. The van der Waals surface area contributed by atoms with E-state index in [0.717, 1.165) is 9.87 Å². The normalized spacial score (nSPS) is 11.0. The van der Waals surface area contributed by atoms with Crippen LogP contribution in [0.25, 0.3) is 0 Å². The maximum absolute atomic E-state index is 12.8. The summed E-state index contributed by atoms with van der Waals surface area (Å²) in [4.78, 5) is 11.9. The van der Waals surface area contributed by atoms with Crippen LogP contribution >= 0.6 is 0 Å². The Morgan fingerprint density at radius 1 is 1.05 bits per heavy atom. The first-order valence-electron chi connectivity index (χ1n) is 6.80. The van der Waals surface area contributed by atoms with Crippen LogP contribution in [-0.4, -0.2) is 27.9 Å². The van der Waals surface area contributed by atoms with Crippen LogP contribution in [0.2, 0.25) is 0 Å². The molecule has 0 aliphatic rings. The first kappa shape index (κ1) is 16.0. The second-order valence-corrected chi connectivity index (χ2v) is 6.70. The number of likely N-dealkylation sites (N-methyl/N-ethyl adjacent to an activating group) is 1. The van der Waals surface area contributed by atoms with Gasteiger partial charge in [-0.15, -0.1) is 0 Å². The Hall–Kier alpha value is -2.34. The van der Waals surface area contributed by atoms with Gasteiger partial charge < -0.3 is 5.32 Å². The number of nitrogens with zero attached hydrogens (tertiary/aromatic N) is 1. The van der Waals surface area contributed by atoms with E-state index in [1.54, 1.807) is 30.3 Å². The third kappa shape index (κ3) is 3.46. The summed E-state index contributed by atoms with van der Waals surface area (Å²) in [5.74, 6) is -0.375. The van der Waals surface area contributed by atoms with Crippen molar-refractivity contribution in [3.8, 4) is 0 Å². The molecule has 0 saturated carbocycles. The van der Waals surface area contributed by atoms with Crippen LogP contribution in [0.4, 0.5) is 5.69 Å². The van der Waals surface area contributed by atoms with Gasteiger partial charge in [-0.1, -0.05) is 35.9 Å². The molecule has 0 bridgehead atoms. The van der Waals surface area contributed by atoms with E-state index in [1.165, 1.54) is 19.2 Å². The van der Waals surface area contributed by atoms with Gasteiger partial charge in [-0.2, -0.15) is 0 Å². The van der Waals surface area contributed by atoms with Crippen molar-refractivity contribution >= 4 is 21.6 Å². The maximum atomic E-state index is 12.8. The number of nitrogens with one attached hydrogen (secondary N) is 1. The Morgan fingerprint density at radius 2 is 1.64 bits per heavy atom. The van der Waals surface area contributed by atoms with Gasteiger partial charge in [0.1, 0.15) is 6.54 Å². The van der Waals surface area contributed by atoms with Crippen LogP contribution in [-0.2, 0) is 14.8 Å². The van der Waals surface area contributed by atoms with Gasteiger partial charge in [-0.25, -0.2) is 8.42 Å². The highest BCUT2D eigenvalue weighted by molar-refractivity contribution is 7.92. The van der Waals surface area contributed by atoms with Crippen LogP contribution in [0.1, 0.15) is 5.56 Å². The fraction of sp³-hybridized carbons (Fsp3) is 0.188. The third-order valence-corrected chi connectivity index (χ3v) is 5.01. The maximum Gasteiger partial charge on any atom is 0.264 e. The molecular formula is C16H18N2O3S. The Kier molecular flexibility index (Phi) is 4.82. The van der Waals surface area contributed by atoms with E-state index in [9.17, 15) is 13.2 Å². The Morgan fingerprint density at radius 3 is 2.18 bits per heavy atom. The van der Waals surface area contributed by atoms with Gasteiger partial charge in [-0.3, -0.25) is 9.10 Å². The molecule has 0 heterocycles. The van der Waals surface area contributed by atoms with Crippen molar-refractivity contribution in [2.45, 2.75) is 11.8 Å². The molecule has 0 aliphatic carbocycles. The summed E-state index contributed by atoms with van der Waals surface area (Å²) < 4.78 is 26.7. The largest absolute Gasteiger partial charge is 0.358 e. The summed E-state index contributed by atoms with van der Waals surface area (Å²) in [5, 5.41) is 2.46. The summed E-state index contributed by atoms with van der Waals surface area (Å²) in [6.45, 7) is 1.65. The molecule has 22 heavy (non-hydrogen) atoms. The van der Waals surface area contributed by atoms with E-state index < -0.39 is 10.0 Å². The molecule has 6 heteroatoms. The lowest BCUT2D eigenvalue weighted by Crippen LogP contribution is -2.39. The average Bonchev–Trinajstić information content (AvgIpc) is 2.54. The predicted octanol–water partition coefficient (Wildman–Crippen LogP) is 1.94. The molecule has 0 atom stereocenters. The van der Waals surface area contributed by atoms with Crippen LogP contribution in [0.5, 0.6) is 0 Å². The van der Waals surface area contributed by atoms with Crippen molar-refractivity contribution < 1.29 is 13.2 Å². The Bertz CT molecular complexity index is 741. The summed E-state index contributed by atoms with van der Waals surface area (Å²) in [7, 11) is -2.32. The topological polar surface area (TPSA) is 66.5 Å². The lowest BCUT2D eigenvalue weighted by molar-refractivity contribution is -0.119. The second kappa shape index (κ2) is 6.62. The summed E-state index contributed by atoms with van der Waals surface area (Å²) in [5.41, 5.74) is 1.47. The molecule has 0 aromatic heterocycles. The highest BCUT2D eigenvalue weighted by atomic mass is 32.2. The van der Waals surface area contributed by atoms with E-state index in [2.05, 4.69) is 5.32 Å². The number of anilines is 1. The number of sulfonamides is 1. The van der Waals surface area contributed by atoms with E-state index in [-0.39, 0.29) is 17.3 Å². The van der Waals surface area contributed by atoms with E-state index in [4.69, 9.17) is 0 Å². The van der Waals surface area contributed by atoms with Crippen molar-refractivity contribution in [2.75, 3.05) is 17.9 Å². The lowest BCUT2D eigenvalue weighted by atomic mass is 10.2. The molecule has 0 unspecified atom stereocenters. The number of rotatable bonds is 5. The highest BCUT2D eigenvalue weighted by Crippen LogP contribution is 2.23. The fourth-order valence-corrected chi connectivity index (χ4v) is 3.40. The number of aryl methyl sites for hydroxylation is 1. The minimum atomic E-state index is -3.80. The van der Waals surface area contributed by atoms with Crippen LogP contribution in [0.15, 0.2) is 59.5 Å². The van der Waals surface area contributed by atoms with Crippen LogP contribution in [0.3, 0.4) is 0 Å². The Balaban J connectivity index is 2.48. The van der Waals surface area contributed by atoms with Crippen molar-refractivity contribution in [3.05, 3.63) is 60.2 Å². The van der Waals surface area contributed by atoms with Gasteiger partial charge in [-0.05, 0) is 31.2 Å². The zero-order valence-corrected chi connectivity index (χ0v) is 13.3. The molecule has 0 saturated heterocycles.